The minimum absolute atomic E-state index is 0.241. The van der Waals surface area contributed by atoms with Crippen LogP contribution >= 0.6 is 0 Å². The number of halogens is 1. The largest absolute Gasteiger partial charge is 0.489 e. The normalized spacial score (nSPS) is 10.3. The third-order valence-electron chi connectivity index (χ3n) is 2.79. The van der Waals surface area contributed by atoms with Crippen molar-refractivity contribution in [2.24, 2.45) is 0 Å². The van der Waals surface area contributed by atoms with Crippen LogP contribution in [0.2, 0.25) is 0 Å². The Kier molecular flexibility index (Phi) is 4.19. The Bertz CT molecular complexity index is 572. The lowest BCUT2D eigenvalue weighted by molar-refractivity contribution is 0.302. The molecule has 19 heavy (non-hydrogen) atoms. The molecule has 0 heterocycles. The molecule has 0 spiro atoms. The van der Waals surface area contributed by atoms with E-state index in [2.05, 4.69) is 0 Å². The molecule has 3 nitrogen and oxygen atoms in total. The van der Waals surface area contributed by atoms with Crippen LogP contribution in [0.3, 0.4) is 0 Å². The van der Waals surface area contributed by atoms with E-state index in [1.807, 2.05) is 6.92 Å². The number of aryl methyl sites for hydroxylation is 1. The monoisotopic (exact) mass is 260 g/mol. The van der Waals surface area contributed by atoms with Crippen molar-refractivity contribution in [2.45, 2.75) is 13.5 Å². The molecule has 5 heteroatoms. The lowest BCUT2D eigenvalue weighted by Gasteiger charge is -2.10. The lowest BCUT2D eigenvalue weighted by Crippen LogP contribution is -2.29. The van der Waals surface area contributed by atoms with E-state index < -0.39 is 7.12 Å². The Morgan fingerprint density at radius 3 is 2.68 bits per heavy atom. The first-order valence-corrected chi connectivity index (χ1v) is 5.90. The van der Waals surface area contributed by atoms with Gasteiger partial charge in [-0.25, -0.2) is 4.39 Å². The average Bonchev–Trinajstić information content (AvgIpc) is 2.40. The van der Waals surface area contributed by atoms with Crippen molar-refractivity contribution in [1.82, 2.24) is 0 Å². The number of ether oxygens (including phenoxy) is 1. The Balaban J connectivity index is 2.10. The van der Waals surface area contributed by atoms with Gasteiger partial charge in [-0.15, -0.1) is 0 Å². The summed E-state index contributed by atoms with van der Waals surface area (Å²) in [6.45, 7) is 2.08. The molecule has 2 aromatic rings. The second-order valence-electron chi connectivity index (χ2n) is 4.32. The standard InChI is InChI=1S/C14H14BFO3/c1-10-5-6-13(16)8-14(10)19-9-11-3-2-4-12(7-11)15(17)18/h2-8,17-18H,9H2,1H3. The SMILES string of the molecule is Cc1ccc(F)cc1OCc1cccc(B(O)O)c1. The maximum Gasteiger partial charge on any atom is 0.488 e. The predicted octanol–water partition coefficient (Wildman–Crippen LogP) is 1.39. The van der Waals surface area contributed by atoms with Crippen molar-refractivity contribution in [1.29, 1.82) is 0 Å². The van der Waals surface area contributed by atoms with E-state index in [1.165, 1.54) is 12.1 Å². The van der Waals surface area contributed by atoms with Gasteiger partial charge in [0.15, 0.2) is 0 Å². The minimum atomic E-state index is -1.50. The Hall–Kier alpha value is -1.85. The second-order valence-corrected chi connectivity index (χ2v) is 4.32. The van der Waals surface area contributed by atoms with E-state index in [0.717, 1.165) is 11.1 Å². The molecule has 0 atom stereocenters. The summed E-state index contributed by atoms with van der Waals surface area (Å²) >= 11 is 0. The maximum atomic E-state index is 13.1. The fraction of sp³-hybridized carbons (Fsp3) is 0.143. The quantitative estimate of drug-likeness (QED) is 0.817. The van der Waals surface area contributed by atoms with Gasteiger partial charge in [0.05, 0.1) is 0 Å². The molecule has 0 aliphatic rings. The topological polar surface area (TPSA) is 49.7 Å². The third kappa shape index (κ3) is 3.56. The van der Waals surface area contributed by atoms with Crippen LogP contribution in [0, 0.1) is 12.7 Å². The molecule has 2 aromatic carbocycles. The first kappa shape index (κ1) is 13.6. The third-order valence-corrected chi connectivity index (χ3v) is 2.79. The number of hydrogen-bond acceptors (Lipinski definition) is 3. The number of benzene rings is 2. The zero-order valence-corrected chi connectivity index (χ0v) is 10.5. The summed E-state index contributed by atoms with van der Waals surface area (Å²) in [5, 5.41) is 18.2. The number of hydrogen-bond donors (Lipinski definition) is 2. The van der Waals surface area contributed by atoms with Gasteiger partial charge >= 0.3 is 7.12 Å². The number of rotatable bonds is 4. The van der Waals surface area contributed by atoms with Crippen LogP contribution in [0.5, 0.6) is 5.75 Å². The molecular formula is C14H14BFO3. The Morgan fingerprint density at radius 1 is 1.16 bits per heavy atom. The van der Waals surface area contributed by atoms with E-state index in [4.69, 9.17) is 14.8 Å². The smallest absolute Gasteiger partial charge is 0.488 e. The highest BCUT2D eigenvalue weighted by molar-refractivity contribution is 6.58. The molecule has 0 saturated heterocycles. The molecule has 0 aliphatic heterocycles. The van der Waals surface area contributed by atoms with Gasteiger partial charge in [-0.2, -0.15) is 0 Å². The first-order valence-electron chi connectivity index (χ1n) is 5.90. The Morgan fingerprint density at radius 2 is 1.95 bits per heavy atom. The molecule has 0 aliphatic carbocycles. The summed E-state index contributed by atoms with van der Waals surface area (Å²) in [5.74, 6) is 0.134. The van der Waals surface area contributed by atoms with E-state index in [9.17, 15) is 4.39 Å². The van der Waals surface area contributed by atoms with Gasteiger partial charge in [0.1, 0.15) is 18.2 Å². The molecule has 0 aromatic heterocycles. The van der Waals surface area contributed by atoms with E-state index in [0.29, 0.717) is 11.2 Å². The minimum Gasteiger partial charge on any atom is -0.489 e. The summed E-state index contributed by atoms with van der Waals surface area (Å²) in [4.78, 5) is 0. The highest BCUT2D eigenvalue weighted by atomic mass is 19.1. The highest BCUT2D eigenvalue weighted by Crippen LogP contribution is 2.19. The van der Waals surface area contributed by atoms with Crippen LogP contribution in [-0.2, 0) is 6.61 Å². The van der Waals surface area contributed by atoms with Crippen molar-refractivity contribution in [3.05, 3.63) is 59.4 Å². The van der Waals surface area contributed by atoms with E-state index in [-0.39, 0.29) is 12.4 Å². The van der Waals surface area contributed by atoms with E-state index >= 15 is 0 Å². The molecule has 0 radical (unpaired) electrons. The van der Waals surface area contributed by atoms with Gasteiger partial charge in [-0.3, -0.25) is 0 Å². The summed E-state index contributed by atoms with van der Waals surface area (Å²) in [5.41, 5.74) is 2.03. The maximum absolute atomic E-state index is 13.1. The van der Waals surface area contributed by atoms with Gasteiger partial charge in [-0.05, 0) is 29.6 Å². The van der Waals surface area contributed by atoms with Gasteiger partial charge in [0.25, 0.3) is 0 Å². The van der Waals surface area contributed by atoms with Crippen molar-refractivity contribution in [3.63, 3.8) is 0 Å². The molecule has 98 valence electrons. The van der Waals surface area contributed by atoms with Crippen LogP contribution < -0.4 is 10.2 Å². The van der Waals surface area contributed by atoms with Crippen LogP contribution in [-0.4, -0.2) is 17.2 Å². The van der Waals surface area contributed by atoms with Crippen molar-refractivity contribution >= 4 is 12.6 Å². The van der Waals surface area contributed by atoms with Crippen LogP contribution in [0.15, 0.2) is 42.5 Å². The lowest BCUT2D eigenvalue weighted by atomic mass is 9.80. The second kappa shape index (κ2) is 5.86. The Labute approximate surface area is 111 Å². The van der Waals surface area contributed by atoms with Crippen molar-refractivity contribution in [3.8, 4) is 5.75 Å². The van der Waals surface area contributed by atoms with Gasteiger partial charge in [0.2, 0.25) is 0 Å². The zero-order chi connectivity index (χ0) is 13.8. The van der Waals surface area contributed by atoms with Crippen molar-refractivity contribution < 1.29 is 19.2 Å². The molecule has 2 N–H and O–H groups in total. The predicted molar refractivity (Wildman–Crippen MR) is 71.7 cm³/mol. The fourth-order valence-electron chi connectivity index (χ4n) is 1.73. The summed E-state index contributed by atoms with van der Waals surface area (Å²) < 4.78 is 18.6. The molecule has 0 bridgehead atoms. The highest BCUT2D eigenvalue weighted by Gasteiger charge is 2.11. The summed E-state index contributed by atoms with van der Waals surface area (Å²) in [7, 11) is -1.50. The van der Waals surface area contributed by atoms with Gasteiger partial charge in [-0.1, -0.05) is 30.3 Å². The average molecular weight is 260 g/mol. The van der Waals surface area contributed by atoms with E-state index in [1.54, 1.807) is 30.3 Å². The van der Waals surface area contributed by atoms with Gasteiger partial charge in [0, 0.05) is 6.07 Å². The van der Waals surface area contributed by atoms with Crippen LogP contribution in [0.25, 0.3) is 0 Å². The van der Waals surface area contributed by atoms with Gasteiger partial charge < -0.3 is 14.8 Å². The molecule has 0 amide bonds. The summed E-state index contributed by atoms with van der Waals surface area (Å²) in [6, 6.07) is 11.1. The van der Waals surface area contributed by atoms with Crippen LogP contribution in [0.4, 0.5) is 4.39 Å². The van der Waals surface area contributed by atoms with Crippen molar-refractivity contribution in [2.75, 3.05) is 0 Å². The summed E-state index contributed by atoms with van der Waals surface area (Å²) in [6.07, 6.45) is 0. The molecular weight excluding hydrogens is 246 g/mol. The molecule has 2 rings (SSSR count). The van der Waals surface area contributed by atoms with Crippen LogP contribution in [0.1, 0.15) is 11.1 Å². The first-order chi connectivity index (χ1) is 9.06. The zero-order valence-electron chi connectivity index (χ0n) is 10.5. The molecule has 0 fully saturated rings. The molecule has 0 saturated carbocycles. The molecule has 0 unspecified atom stereocenters. The fourth-order valence-corrected chi connectivity index (χ4v) is 1.73.